The number of ketones is 1. The summed E-state index contributed by atoms with van der Waals surface area (Å²) in [7, 11) is 0. The van der Waals surface area contributed by atoms with E-state index >= 15 is 0 Å². The Balaban J connectivity index is 1.83. The van der Waals surface area contributed by atoms with Crippen molar-refractivity contribution >= 4 is 29.6 Å². The summed E-state index contributed by atoms with van der Waals surface area (Å²) in [6.07, 6.45) is 1.23. The topological polar surface area (TPSA) is 145 Å². The molecule has 10 nitrogen and oxygen atoms in total. The van der Waals surface area contributed by atoms with Crippen molar-refractivity contribution in [1.29, 1.82) is 0 Å². The van der Waals surface area contributed by atoms with Crippen LogP contribution in [0.4, 0.5) is 13.6 Å². The minimum Gasteiger partial charge on any atom is -0.465 e. The highest BCUT2D eigenvalue weighted by Crippen LogP contribution is 2.43. The van der Waals surface area contributed by atoms with Crippen molar-refractivity contribution in [2.45, 2.75) is 103 Å². The number of nitrogens with zero attached hydrogens (tertiary/aromatic N) is 1. The minimum atomic E-state index is -3.11. The van der Waals surface area contributed by atoms with Gasteiger partial charge in [-0.25, -0.2) is 13.6 Å². The number of nitrogens with one attached hydrogen (secondary N) is 3. The van der Waals surface area contributed by atoms with Gasteiger partial charge in [-0.15, -0.1) is 0 Å². The van der Waals surface area contributed by atoms with Crippen LogP contribution in [0.15, 0.2) is 0 Å². The zero-order valence-electron chi connectivity index (χ0n) is 21.8. The second-order valence-corrected chi connectivity index (χ2v) is 11.8. The molecule has 37 heavy (non-hydrogen) atoms. The highest BCUT2D eigenvalue weighted by molar-refractivity contribution is 6.38. The number of fused-ring (bicyclic) bond motifs is 1. The van der Waals surface area contributed by atoms with Crippen LogP contribution in [0.1, 0.15) is 72.6 Å². The van der Waals surface area contributed by atoms with Crippen LogP contribution in [0, 0.1) is 17.3 Å². The van der Waals surface area contributed by atoms with Crippen LogP contribution in [-0.2, 0) is 19.2 Å². The van der Waals surface area contributed by atoms with E-state index in [2.05, 4.69) is 16.0 Å². The molecule has 2 unspecified atom stereocenters. The molecule has 0 bridgehead atoms. The van der Waals surface area contributed by atoms with Gasteiger partial charge in [0, 0.05) is 19.0 Å². The van der Waals surface area contributed by atoms with Crippen LogP contribution < -0.4 is 16.0 Å². The van der Waals surface area contributed by atoms with Gasteiger partial charge in [-0.1, -0.05) is 27.2 Å². The normalized spacial score (nSPS) is 25.1. The van der Waals surface area contributed by atoms with E-state index in [4.69, 9.17) is 0 Å². The first-order valence-electron chi connectivity index (χ1n) is 12.9. The Kier molecular flexibility index (Phi) is 8.48. The lowest BCUT2D eigenvalue weighted by molar-refractivity contribution is -0.145. The second kappa shape index (κ2) is 10.9. The molecule has 0 aromatic heterocycles. The number of hydrogen-bond donors (Lipinski definition) is 4. The number of alkyl halides is 2. The molecule has 1 heterocycles. The number of rotatable bonds is 10. The summed E-state index contributed by atoms with van der Waals surface area (Å²) in [5.41, 5.74) is -0.791. The molecule has 0 aromatic rings. The second-order valence-electron chi connectivity index (χ2n) is 11.8. The Bertz CT molecular complexity index is 927. The molecule has 3 rings (SSSR count). The van der Waals surface area contributed by atoms with Crippen molar-refractivity contribution in [3.8, 4) is 0 Å². The van der Waals surface area contributed by atoms with E-state index < -0.39 is 71.9 Å². The van der Waals surface area contributed by atoms with Crippen molar-refractivity contribution in [2.75, 3.05) is 6.54 Å². The molecule has 0 aromatic carbocycles. The number of carbonyl (C=O) groups is 5. The Morgan fingerprint density at radius 1 is 1.00 bits per heavy atom. The van der Waals surface area contributed by atoms with E-state index in [1.165, 1.54) is 4.90 Å². The summed E-state index contributed by atoms with van der Waals surface area (Å²) in [6.45, 7) is 6.06. The van der Waals surface area contributed by atoms with Gasteiger partial charge in [0.05, 0.1) is 6.04 Å². The van der Waals surface area contributed by atoms with Crippen LogP contribution in [0.3, 0.4) is 0 Å². The van der Waals surface area contributed by atoms with Crippen LogP contribution in [0.5, 0.6) is 0 Å². The quantitative estimate of drug-likeness (QED) is 0.320. The molecule has 0 spiro atoms. The first-order valence-corrected chi connectivity index (χ1v) is 12.9. The highest BCUT2D eigenvalue weighted by atomic mass is 19.3. The smallest absolute Gasteiger partial charge is 0.405 e. The number of amides is 4. The Morgan fingerprint density at radius 3 is 2.19 bits per heavy atom. The van der Waals surface area contributed by atoms with Gasteiger partial charge in [0.25, 0.3) is 5.91 Å². The van der Waals surface area contributed by atoms with Gasteiger partial charge in [-0.3, -0.25) is 19.2 Å². The fourth-order valence-electron chi connectivity index (χ4n) is 5.37. The summed E-state index contributed by atoms with van der Waals surface area (Å²) in [5, 5.41) is 16.6. The predicted molar refractivity (Wildman–Crippen MR) is 129 cm³/mol. The van der Waals surface area contributed by atoms with E-state index in [9.17, 15) is 37.9 Å². The monoisotopic (exact) mass is 528 g/mol. The van der Waals surface area contributed by atoms with Gasteiger partial charge in [-0.05, 0) is 56.3 Å². The number of carboxylic acid groups (broad SMARTS) is 1. The van der Waals surface area contributed by atoms with Gasteiger partial charge in [-0.2, -0.15) is 0 Å². The molecule has 4 N–H and O–H groups in total. The van der Waals surface area contributed by atoms with Crippen molar-refractivity contribution < 1.29 is 37.9 Å². The van der Waals surface area contributed by atoms with Gasteiger partial charge in [0.15, 0.2) is 0 Å². The summed E-state index contributed by atoms with van der Waals surface area (Å²) in [6, 6.07) is -3.72. The molecule has 3 fully saturated rings. The Morgan fingerprint density at radius 2 is 1.65 bits per heavy atom. The van der Waals surface area contributed by atoms with E-state index in [1.54, 1.807) is 20.8 Å². The SMILES string of the molecule is CC(F)(F)CCC(NC(=O)[C@@H]1[C@H]2CCC[C@H]2CN1C(=O)C(NC(=O)O)C(C)(C)C)C(=O)C(=O)NC1CC1. The van der Waals surface area contributed by atoms with E-state index in [-0.39, 0.29) is 24.4 Å². The maximum atomic E-state index is 13.6. The largest absolute Gasteiger partial charge is 0.465 e. The summed E-state index contributed by atoms with van der Waals surface area (Å²) < 4.78 is 27.2. The summed E-state index contributed by atoms with van der Waals surface area (Å²) in [5.74, 6) is -6.46. The highest BCUT2D eigenvalue weighted by Gasteiger charge is 2.52. The third kappa shape index (κ3) is 7.38. The number of Topliss-reactive ketones (excluding diaryl/α,β-unsaturated/α-hetero) is 1. The van der Waals surface area contributed by atoms with E-state index in [0.717, 1.165) is 25.7 Å². The van der Waals surface area contributed by atoms with Crippen LogP contribution >= 0.6 is 0 Å². The van der Waals surface area contributed by atoms with Gasteiger partial charge in [0.1, 0.15) is 12.1 Å². The van der Waals surface area contributed by atoms with Crippen molar-refractivity contribution in [2.24, 2.45) is 17.3 Å². The van der Waals surface area contributed by atoms with E-state index in [0.29, 0.717) is 13.3 Å². The number of halogens is 2. The standard InChI is InChI=1S/C25H38F2N4O6/c1-24(2,3)19(30-23(36)37)22(35)31-12-13-6-5-7-15(13)17(31)20(33)29-16(10-11-25(4,26)27)18(32)21(34)28-14-8-9-14/h13-17,19,30H,5-12H2,1-4H3,(H,28,34)(H,29,33)(H,36,37)/t13-,15-,16?,17-,19?/m0/s1. The molecule has 1 aliphatic heterocycles. The van der Waals surface area contributed by atoms with Gasteiger partial charge >= 0.3 is 6.09 Å². The zero-order valence-corrected chi connectivity index (χ0v) is 21.8. The molecule has 208 valence electrons. The number of likely N-dealkylation sites (tertiary alicyclic amines) is 1. The van der Waals surface area contributed by atoms with Crippen LogP contribution in [0.25, 0.3) is 0 Å². The fourth-order valence-corrected chi connectivity index (χ4v) is 5.37. The molecule has 5 atom stereocenters. The lowest BCUT2D eigenvalue weighted by Gasteiger charge is -2.36. The van der Waals surface area contributed by atoms with Gasteiger partial charge < -0.3 is 26.0 Å². The zero-order chi connectivity index (χ0) is 27.7. The van der Waals surface area contributed by atoms with Crippen molar-refractivity contribution in [1.82, 2.24) is 20.9 Å². The van der Waals surface area contributed by atoms with Crippen LogP contribution in [0.2, 0.25) is 0 Å². The maximum absolute atomic E-state index is 13.6. The molecular weight excluding hydrogens is 490 g/mol. The lowest BCUT2D eigenvalue weighted by atomic mass is 9.85. The molecule has 4 amide bonds. The lowest BCUT2D eigenvalue weighted by Crippen LogP contribution is -2.59. The summed E-state index contributed by atoms with van der Waals surface area (Å²) in [4.78, 5) is 65.2. The molecular formula is C25H38F2N4O6. The fraction of sp³-hybridized carbons (Fsp3) is 0.800. The van der Waals surface area contributed by atoms with Crippen molar-refractivity contribution in [3.63, 3.8) is 0 Å². The third-order valence-electron chi connectivity index (χ3n) is 7.46. The molecule has 1 saturated heterocycles. The van der Waals surface area contributed by atoms with Crippen molar-refractivity contribution in [3.05, 3.63) is 0 Å². The first-order chi connectivity index (χ1) is 17.1. The average Bonchev–Trinajstić information content (AvgIpc) is 3.33. The molecule has 2 saturated carbocycles. The molecule has 2 aliphatic carbocycles. The minimum absolute atomic E-state index is 0.0254. The predicted octanol–water partition coefficient (Wildman–Crippen LogP) is 2.06. The number of carbonyl (C=O) groups excluding carboxylic acids is 4. The summed E-state index contributed by atoms with van der Waals surface area (Å²) >= 11 is 0. The number of hydrogen-bond acceptors (Lipinski definition) is 5. The van der Waals surface area contributed by atoms with Gasteiger partial charge in [0.2, 0.25) is 23.5 Å². The molecule has 12 heteroatoms. The van der Waals surface area contributed by atoms with E-state index in [1.807, 2.05) is 0 Å². The average molecular weight is 529 g/mol. The molecule has 0 radical (unpaired) electrons. The first kappa shape index (κ1) is 28.8. The van der Waals surface area contributed by atoms with Crippen LogP contribution in [-0.4, -0.2) is 76.2 Å². The Labute approximate surface area is 215 Å². The molecule has 3 aliphatic rings. The Hall–Kier alpha value is -2.79. The third-order valence-corrected chi connectivity index (χ3v) is 7.46. The maximum Gasteiger partial charge on any atom is 0.405 e.